The van der Waals surface area contributed by atoms with Gasteiger partial charge in [0.25, 0.3) is 17.7 Å². The summed E-state index contributed by atoms with van der Waals surface area (Å²) in [4.78, 5) is 38.5. The highest BCUT2D eigenvalue weighted by Crippen LogP contribution is 2.32. The predicted octanol–water partition coefficient (Wildman–Crippen LogP) is 4.63. The van der Waals surface area contributed by atoms with Gasteiger partial charge in [-0.1, -0.05) is 66.7 Å². The molecule has 0 radical (unpaired) electrons. The lowest BCUT2D eigenvalue weighted by Gasteiger charge is -2.14. The number of hydrogen-bond donors (Lipinski definition) is 2. The van der Waals surface area contributed by atoms with Crippen LogP contribution in [0, 0.1) is 6.92 Å². The van der Waals surface area contributed by atoms with E-state index in [1.165, 1.54) is 11.1 Å². The van der Waals surface area contributed by atoms with Gasteiger partial charge in [0, 0.05) is 11.3 Å². The summed E-state index contributed by atoms with van der Waals surface area (Å²) in [6.45, 7) is 1.67. The number of ether oxygens (including phenoxy) is 1. The van der Waals surface area contributed by atoms with Crippen LogP contribution in [-0.2, 0) is 14.4 Å². The van der Waals surface area contributed by atoms with Crippen molar-refractivity contribution in [3.63, 3.8) is 0 Å². The fourth-order valence-electron chi connectivity index (χ4n) is 4.05. The van der Waals surface area contributed by atoms with Crippen molar-refractivity contribution in [2.24, 2.45) is 0 Å². The molecule has 1 heterocycles. The van der Waals surface area contributed by atoms with Gasteiger partial charge in [0.05, 0.1) is 5.69 Å². The smallest absolute Gasteiger partial charge is 0.282 e. The fraction of sp³-hybridized carbons (Fsp3) is 0.0690. The topological polar surface area (TPSA) is 87.7 Å². The highest BCUT2D eigenvalue weighted by Gasteiger charge is 2.34. The molecule has 2 N–H and O–H groups in total. The number of carbonyl (C=O) groups excluding carboxylic acids is 3. The van der Waals surface area contributed by atoms with E-state index in [4.69, 9.17) is 4.74 Å². The van der Waals surface area contributed by atoms with Crippen LogP contribution in [0.3, 0.4) is 0 Å². The van der Waals surface area contributed by atoms with E-state index >= 15 is 0 Å². The number of rotatable bonds is 6. The molecule has 7 heteroatoms. The van der Waals surface area contributed by atoms with Gasteiger partial charge in [-0.05, 0) is 53.6 Å². The van der Waals surface area contributed by atoms with Crippen LogP contribution in [0.25, 0.3) is 16.8 Å². The first-order valence-corrected chi connectivity index (χ1v) is 11.4. The van der Waals surface area contributed by atoms with E-state index in [2.05, 4.69) is 10.7 Å². The zero-order valence-corrected chi connectivity index (χ0v) is 19.5. The molecule has 5 rings (SSSR count). The number of aryl methyl sites for hydroxylation is 1. The van der Waals surface area contributed by atoms with Crippen molar-refractivity contribution < 1.29 is 19.1 Å². The van der Waals surface area contributed by atoms with Gasteiger partial charge in [-0.25, -0.2) is 5.01 Å². The van der Waals surface area contributed by atoms with Crippen LogP contribution < -0.4 is 20.5 Å². The standard InChI is InChI=1S/C29H23N3O4/c1-19-9-5-8-14-25(19)30-27(33)18-36-26-16-15-20-10-6-7-13-22(20)23(26)17-24-28(34)31-32(29(24)35)21-11-3-2-4-12-21/h2-17H,18H2,1H3,(H,30,33)(H,31,34)/b24-17-. The molecule has 0 saturated carbocycles. The van der Waals surface area contributed by atoms with Crippen LogP contribution in [0.15, 0.2) is 96.6 Å². The number of amides is 3. The fourth-order valence-corrected chi connectivity index (χ4v) is 4.05. The molecule has 1 fully saturated rings. The average molecular weight is 478 g/mol. The van der Waals surface area contributed by atoms with Crippen LogP contribution in [0.1, 0.15) is 11.1 Å². The minimum atomic E-state index is -0.514. The van der Waals surface area contributed by atoms with Crippen LogP contribution in [0.2, 0.25) is 0 Å². The van der Waals surface area contributed by atoms with E-state index in [-0.39, 0.29) is 18.1 Å². The number of nitrogens with one attached hydrogen (secondary N) is 2. The Bertz CT molecular complexity index is 1510. The summed E-state index contributed by atoms with van der Waals surface area (Å²) >= 11 is 0. The van der Waals surface area contributed by atoms with Gasteiger partial charge in [0.15, 0.2) is 6.61 Å². The monoisotopic (exact) mass is 477 g/mol. The SMILES string of the molecule is Cc1ccccc1NC(=O)COc1ccc2ccccc2c1/C=C1/C(=O)NN(c2ccccc2)C1=O. The number of benzene rings is 4. The van der Waals surface area contributed by atoms with E-state index < -0.39 is 11.8 Å². The second kappa shape index (κ2) is 9.76. The van der Waals surface area contributed by atoms with Gasteiger partial charge in [-0.15, -0.1) is 0 Å². The van der Waals surface area contributed by atoms with Crippen LogP contribution >= 0.6 is 0 Å². The molecule has 0 unspecified atom stereocenters. The second-order valence-corrected chi connectivity index (χ2v) is 8.33. The quantitative estimate of drug-likeness (QED) is 0.313. The molecule has 3 amide bonds. The lowest BCUT2D eigenvalue weighted by Crippen LogP contribution is -2.35. The number of anilines is 2. The normalized spacial score (nSPS) is 14.2. The average Bonchev–Trinajstić information content (AvgIpc) is 3.18. The summed E-state index contributed by atoms with van der Waals surface area (Å²) in [5, 5.41) is 5.76. The zero-order valence-electron chi connectivity index (χ0n) is 19.5. The van der Waals surface area contributed by atoms with Crippen molar-refractivity contribution in [1.29, 1.82) is 0 Å². The second-order valence-electron chi connectivity index (χ2n) is 8.33. The molecular weight excluding hydrogens is 454 g/mol. The van der Waals surface area contributed by atoms with Gasteiger partial charge < -0.3 is 10.1 Å². The van der Waals surface area contributed by atoms with E-state index in [0.717, 1.165) is 16.3 Å². The Kier molecular flexibility index (Phi) is 6.19. The molecule has 0 atom stereocenters. The molecule has 0 aliphatic carbocycles. The minimum absolute atomic E-state index is 0.0237. The van der Waals surface area contributed by atoms with Crippen LogP contribution in [0.4, 0.5) is 11.4 Å². The number of nitrogens with zero attached hydrogens (tertiary/aromatic N) is 1. The van der Waals surface area contributed by atoms with Gasteiger partial charge in [0.1, 0.15) is 11.3 Å². The van der Waals surface area contributed by atoms with Crippen molar-refractivity contribution in [1.82, 2.24) is 5.43 Å². The Labute approximate surface area is 208 Å². The Balaban J connectivity index is 1.46. The maximum Gasteiger partial charge on any atom is 0.282 e. The number of carbonyl (C=O) groups is 3. The highest BCUT2D eigenvalue weighted by molar-refractivity contribution is 6.32. The van der Waals surface area contributed by atoms with E-state index in [9.17, 15) is 14.4 Å². The predicted molar refractivity (Wildman–Crippen MR) is 139 cm³/mol. The molecule has 1 saturated heterocycles. The van der Waals surface area contributed by atoms with Crippen LogP contribution in [-0.4, -0.2) is 24.3 Å². The minimum Gasteiger partial charge on any atom is -0.483 e. The molecule has 7 nitrogen and oxygen atoms in total. The Hall–Kier alpha value is -4.91. The molecule has 4 aromatic carbocycles. The summed E-state index contributed by atoms with van der Waals surface area (Å²) < 4.78 is 5.90. The molecule has 1 aliphatic heterocycles. The molecule has 178 valence electrons. The lowest BCUT2D eigenvalue weighted by molar-refractivity contribution is -0.118. The Morgan fingerprint density at radius 2 is 1.64 bits per heavy atom. The summed E-state index contributed by atoms with van der Waals surface area (Å²) in [7, 11) is 0. The van der Waals surface area contributed by atoms with Crippen molar-refractivity contribution >= 4 is 45.9 Å². The molecule has 36 heavy (non-hydrogen) atoms. The number of para-hydroxylation sites is 2. The van der Waals surface area contributed by atoms with Crippen molar-refractivity contribution in [3.8, 4) is 5.75 Å². The number of hydrazine groups is 1. The molecular formula is C29H23N3O4. The molecule has 0 bridgehead atoms. The Morgan fingerprint density at radius 1 is 0.917 bits per heavy atom. The lowest BCUT2D eigenvalue weighted by atomic mass is 10.0. The van der Waals surface area contributed by atoms with Crippen molar-refractivity contribution in [2.75, 3.05) is 16.9 Å². The third kappa shape index (κ3) is 4.54. The number of fused-ring (bicyclic) bond motifs is 1. The van der Waals surface area contributed by atoms with Crippen LogP contribution in [0.5, 0.6) is 5.75 Å². The summed E-state index contributed by atoms with van der Waals surface area (Å²) in [5.41, 5.74) is 5.34. The first kappa shape index (κ1) is 22.9. The first-order valence-electron chi connectivity index (χ1n) is 11.4. The number of hydrogen-bond acceptors (Lipinski definition) is 4. The third-order valence-corrected chi connectivity index (χ3v) is 5.90. The first-order chi connectivity index (χ1) is 17.5. The highest BCUT2D eigenvalue weighted by atomic mass is 16.5. The third-order valence-electron chi connectivity index (χ3n) is 5.90. The summed E-state index contributed by atoms with van der Waals surface area (Å²) in [6, 6.07) is 27.5. The maximum atomic E-state index is 13.1. The zero-order chi connectivity index (χ0) is 25.1. The van der Waals surface area contributed by atoms with E-state index in [1.807, 2.05) is 67.6 Å². The van der Waals surface area contributed by atoms with E-state index in [1.54, 1.807) is 30.3 Å². The van der Waals surface area contributed by atoms with E-state index in [0.29, 0.717) is 22.7 Å². The largest absolute Gasteiger partial charge is 0.483 e. The van der Waals surface area contributed by atoms with Crippen molar-refractivity contribution in [3.05, 3.63) is 108 Å². The maximum absolute atomic E-state index is 13.1. The molecule has 0 spiro atoms. The van der Waals surface area contributed by atoms with Gasteiger partial charge in [-0.2, -0.15) is 0 Å². The summed E-state index contributed by atoms with van der Waals surface area (Å²) in [5.74, 6) is -0.914. The van der Waals surface area contributed by atoms with Gasteiger partial charge in [0.2, 0.25) is 0 Å². The van der Waals surface area contributed by atoms with Gasteiger partial charge >= 0.3 is 0 Å². The molecule has 0 aromatic heterocycles. The summed E-state index contributed by atoms with van der Waals surface area (Å²) in [6.07, 6.45) is 1.53. The van der Waals surface area contributed by atoms with Gasteiger partial charge in [-0.3, -0.25) is 19.8 Å². The van der Waals surface area contributed by atoms with Crippen molar-refractivity contribution in [2.45, 2.75) is 6.92 Å². The molecule has 1 aliphatic rings. The molecule has 4 aromatic rings. The Morgan fingerprint density at radius 3 is 2.44 bits per heavy atom.